The molecule has 0 bridgehead atoms. The van der Waals surface area contributed by atoms with Crippen LogP contribution in [0.2, 0.25) is 0 Å². The first-order valence-electron chi connectivity index (χ1n) is 5.98. The van der Waals surface area contributed by atoms with Gasteiger partial charge >= 0.3 is 0 Å². The van der Waals surface area contributed by atoms with Gasteiger partial charge in [0.15, 0.2) is 0 Å². The van der Waals surface area contributed by atoms with E-state index in [1.165, 1.54) is 0 Å². The zero-order chi connectivity index (χ0) is 13.0. The summed E-state index contributed by atoms with van der Waals surface area (Å²) in [4.78, 5) is 16.0. The molecule has 1 aromatic heterocycles. The van der Waals surface area contributed by atoms with Gasteiger partial charge in [-0.1, -0.05) is 36.4 Å². The van der Waals surface area contributed by atoms with Crippen molar-refractivity contribution < 1.29 is 4.79 Å². The number of imidazole rings is 1. The molecule has 0 aliphatic rings. The fourth-order valence-electron chi connectivity index (χ4n) is 1.57. The minimum atomic E-state index is -0.0711. The van der Waals surface area contributed by atoms with Crippen molar-refractivity contribution in [3.63, 3.8) is 0 Å². The average Bonchev–Trinajstić information content (AvgIpc) is 2.87. The highest BCUT2D eigenvalue weighted by atomic mass is 16.1. The molecule has 18 heavy (non-hydrogen) atoms. The number of nitrogens with zero attached hydrogens (tertiary/aromatic N) is 2. The van der Waals surface area contributed by atoms with Gasteiger partial charge in [-0.15, -0.1) is 0 Å². The third-order valence-corrected chi connectivity index (χ3v) is 2.68. The molecule has 1 aromatic carbocycles. The van der Waals surface area contributed by atoms with Crippen LogP contribution in [-0.4, -0.2) is 15.3 Å². The fourth-order valence-corrected chi connectivity index (χ4v) is 1.57. The molecule has 2 aromatic rings. The summed E-state index contributed by atoms with van der Waals surface area (Å²) in [6.07, 6.45) is 6.83. The number of aromatic nitrogens is 2. The lowest BCUT2D eigenvalue weighted by molar-refractivity contribution is 0.104. The number of rotatable bonds is 4. The molecule has 0 spiro atoms. The molecule has 0 amide bonds. The number of ketones is 1. The van der Waals surface area contributed by atoms with E-state index >= 15 is 0 Å². The molecule has 92 valence electrons. The van der Waals surface area contributed by atoms with Crippen LogP contribution in [-0.2, 0) is 0 Å². The summed E-state index contributed by atoms with van der Waals surface area (Å²) in [5, 5.41) is 0. The number of hydrogen-bond acceptors (Lipinski definition) is 2. The molecule has 0 N–H and O–H groups in total. The summed E-state index contributed by atoms with van der Waals surface area (Å²) in [5.74, 6) is -0.0711. The zero-order valence-corrected chi connectivity index (χ0v) is 10.6. The van der Waals surface area contributed by atoms with Gasteiger partial charge in [0.1, 0.15) is 5.69 Å². The quantitative estimate of drug-likeness (QED) is 0.606. The van der Waals surface area contributed by atoms with Crippen molar-refractivity contribution in [2.75, 3.05) is 0 Å². The first-order valence-corrected chi connectivity index (χ1v) is 5.98. The van der Waals surface area contributed by atoms with Crippen LogP contribution in [0.5, 0.6) is 0 Å². The highest BCUT2D eigenvalue weighted by Gasteiger charge is 2.07. The van der Waals surface area contributed by atoms with Crippen LogP contribution >= 0.6 is 0 Å². The Labute approximate surface area is 107 Å². The smallest absolute Gasteiger partial charge is 0.205 e. The second-order valence-electron chi connectivity index (χ2n) is 4.41. The SMILES string of the molecule is CC(C)n1cnc(C(=O)/C=C/c2ccccc2)c1. The minimum absolute atomic E-state index is 0.0711. The van der Waals surface area contributed by atoms with Crippen molar-refractivity contribution >= 4 is 11.9 Å². The summed E-state index contributed by atoms with van der Waals surface area (Å²) in [6.45, 7) is 4.10. The number of hydrogen-bond donors (Lipinski definition) is 0. The number of allylic oxidation sites excluding steroid dienone is 1. The van der Waals surface area contributed by atoms with Crippen LogP contribution in [0, 0.1) is 0 Å². The monoisotopic (exact) mass is 240 g/mol. The Bertz CT molecular complexity index is 553. The molecule has 0 atom stereocenters. The lowest BCUT2D eigenvalue weighted by atomic mass is 10.2. The van der Waals surface area contributed by atoms with E-state index in [4.69, 9.17) is 0 Å². The second kappa shape index (κ2) is 5.45. The second-order valence-corrected chi connectivity index (χ2v) is 4.41. The largest absolute Gasteiger partial charge is 0.334 e. The van der Waals surface area contributed by atoms with Crippen molar-refractivity contribution in [3.8, 4) is 0 Å². The molecule has 0 fully saturated rings. The molecule has 0 aliphatic carbocycles. The van der Waals surface area contributed by atoms with Crippen molar-refractivity contribution in [3.05, 3.63) is 60.2 Å². The summed E-state index contributed by atoms with van der Waals surface area (Å²) in [7, 11) is 0. The lowest BCUT2D eigenvalue weighted by Crippen LogP contribution is -1.97. The normalized spacial score (nSPS) is 11.3. The van der Waals surface area contributed by atoms with Crippen molar-refractivity contribution in [1.82, 2.24) is 9.55 Å². The van der Waals surface area contributed by atoms with Gasteiger partial charge in [0.05, 0.1) is 6.33 Å². The van der Waals surface area contributed by atoms with E-state index in [9.17, 15) is 4.79 Å². The van der Waals surface area contributed by atoms with Gasteiger partial charge in [-0.2, -0.15) is 0 Å². The van der Waals surface area contributed by atoms with Crippen LogP contribution in [0.3, 0.4) is 0 Å². The van der Waals surface area contributed by atoms with E-state index in [2.05, 4.69) is 18.8 Å². The predicted octanol–water partition coefficient (Wildman–Crippen LogP) is 3.36. The maximum absolute atomic E-state index is 11.9. The molecule has 0 saturated carbocycles. The van der Waals surface area contributed by atoms with E-state index in [-0.39, 0.29) is 5.78 Å². The van der Waals surface area contributed by atoms with Gasteiger partial charge in [0.25, 0.3) is 0 Å². The van der Waals surface area contributed by atoms with Gasteiger partial charge in [0, 0.05) is 12.2 Å². The number of benzene rings is 1. The average molecular weight is 240 g/mol. The minimum Gasteiger partial charge on any atom is -0.334 e. The Morgan fingerprint density at radius 3 is 2.61 bits per heavy atom. The first-order chi connectivity index (χ1) is 8.66. The highest BCUT2D eigenvalue weighted by Crippen LogP contribution is 2.08. The van der Waals surface area contributed by atoms with Gasteiger partial charge in [-0.05, 0) is 25.5 Å². The van der Waals surface area contributed by atoms with Gasteiger partial charge < -0.3 is 4.57 Å². The van der Waals surface area contributed by atoms with Gasteiger partial charge in [-0.25, -0.2) is 4.98 Å². The van der Waals surface area contributed by atoms with Gasteiger partial charge in [0.2, 0.25) is 5.78 Å². The van der Waals surface area contributed by atoms with Crippen LogP contribution in [0.15, 0.2) is 48.9 Å². The predicted molar refractivity (Wildman–Crippen MR) is 72.4 cm³/mol. The van der Waals surface area contributed by atoms with Crippen LogP contribution in [0.4, 0.5) is 0 Å². The highest BCUT2D eigenvalue weighted by molar-refractivity contribution is 6.05. The van der Waals surface area contributed by atoms with Crippen molar-refractivity contribution in [2.45, 2.75) is 19.9 Å². The number of carbonyl (C=O) groups is 1. The Morgan fingerprint density at radius 1 is 1.28 bits per heavy atom. The molecule has 0 unspecified atom stereocenters. The maximum Gasteiger partial charge on any atom is 0.205 e. The van der Waals surface area contributed by atoms with Crippen LogP contribution < -0.4 is 0 Å². The molecule has 3 nitrogen and oxygen atoms in total. The Kier molecular flexibility index (Phi) is 3.72. The molecular formula is C15H16N2O. The molecule has 0 radical (unpaired) electrons. The fraction of sp³-hybridized carbons (Fsp3) is 0.200. The van der Waals surface area contributed by atoms with E-state index in [0.717, 1.165) is 5.56 Å². The third-order valence-electron chi connectivity index (χ3n) is 2.68. The number of carbonyl (C=O) groups excluding carboxylic acids is 1. The Hall–Kier alpha value is -2.16. The van der Waals surface area contributed by atoms with E-state index in [0.29, 0.717) is 11.7 Å². The Balaban J connectivity index is 2.10. The summed E-state index contributed by atoms with van der Waals surface area (Å²) >= 11 is 0. The first kappa shape index (κ1) is 12.3. The molecule has 3 heteroatoms. The Morgan fingerprint density at radius 2 is 2.00 bits per heavy atom. The topological polar surface area (TPSA) is 34.9 Å². The van der Waals surface area contributed by atoms with Crippen LogP contribution in [0.25, 0.3) is 6.08 Å². The summed E-state index contributed by atoms with van der Waals surface area (Å²) in [5.41, 5.74) is 1.49. The maximum atomic E-state index is 11.9. The molecule has 1 heterocycles. The van der Waals surface area contributed by atoms with Crippen molar-refractivity contribution in [2.24, 2.45) is 0 Å². The zero-order valence-electron chi connectivity index (χ0n) is 10.6. The summed E-state index contributed by atoms with van der Waals surface area (Å²) < 4.78 is 1.92. The molecular weight excluding hydrogens is 224 g/mol. The third kappa shape index (κ3) is 2.94. The summed E-state index contributed by atoms with van der Waals surface area (Å²) in [6, 6.07) is 10.1. The standard InChI is InChI=1S/C15H16N2O/c1-12(2)17-10-14(16-11-17)15(18)9-8-13-6-4-3-5-7-13/h3-12H,1-2H3/b9-8+. The van der Waals surface area contributed by atoms with E-state index in [1.54, 1.807) is 24.7 Å². The van der Waals surface area contributed by atoms with E-state index in [1.807, 2.05) is 34.9 Å². The molecule has 2 rings (SSSR count). The molecule has 0 aliphatic heterocycles. The van der Waals surface area contributed by atoms with Crippen molar-refractivity contribution in [1.29, 1.82) is 0 Å². The lowest BCUT2D eigenvalue weighted by Gasteiger charge is -2.03. The molecule has 0 saturated heterocycles. The van der Waals surface area contributed by atoms with E-state index < -0.39 is 0 Å². The van der Waals surface area contributed by atoms with Gasteiger partial charge in [-0.3, -0.25) is 4.79 Å². The van der Waals surface area contributed by atoms with Crippen LogP contribution in [0.1, 0.15) is 35.9 Å².